The number of anilines is 3. The van der Waals surface area contributed by atoms with Gasteiger partial charge in [0, 0.05) is 38.8 Å². The maximum absolute atomic E-state index is 5.41. The summed E-state index contributed by atoms with van der Waals surface area (Å²) in [5.41, 5.74) is 0. The molecule has 0 saturated carbocycles. The first-order chi connectivity index (χ1) is 13.2. The van der Waals surface area contributed by atoms with Gasteiger partial charge in [-0.2, -0.15) is 9.97 Å². The average Bonchev–Trinajstić information content (AvgIpc) is 2.96. The topological polar surface area (TPSA) is 56.3 Å². The summed E-state index contributed by atoms with van der Waals surface area (Å²) in [5.74, 6) is 3.47. The largest absolute Gasteiger partial charge is 0.362 e. The van der Waals surface area contributed by atoms with Crippen LogP contribution >= 0.6 is 12.2 Å². The SMILES string of the molecule is CCCNC(=S)Nc1nc(N2CCCCCC2)cc(N2CCC(C)CC2)n1. The monoisotopic (exact) mass is 390 g/mol. The number of piperidine rings is 1. The Balaban J connectivity index is 1.81. The van der Waals surface area contributed by atoms with Gasteiger partial charge in [-0.25, -0.2) is 0 Å². The predicted molar refractivity (Wildman–Crippen MR) is 118 cm³/mol. The maximum Gasteiger partial charge on any atom is 0.232 e. The van der Waals surface area contributed by atoms with Crippen LogP contribution in [0.1, 0.15) is 58.8 Å². The molecular weight excluding hydrogens is 356 g/mol. The number of rotatable bonds is 5. The highest BCUT2D eigenvalue weighted by molar-refractivity contribution is 7.80. The minimum atomic E-state index is 0.600. The number of nitrogens with zero attached hydrogens (tertiary/aromatic N) is 4. The Kier molecular flexibility index (Phi) is 7.50. The van der Waals surface area contributed by atoms with Gasteiger partial charge in [0.15, 0.2) is 5.11 Å². The third-order valence-electron chi connectivity index (χ3n) is 5.50. The number of hydrogen-bond donors (Lipinski definition) is 2. The van der Waals surface area contributed by atoms with Crippen LogP contribution in [0.15, 0.2) is 6.07 Å². The molecule has 2 aliphatic rings. The van der Waals surface area contributed by atoms with Crippen molar-refractivity contribution in [2.45, 2.75) is 58.8 Å². The lowest BCUT2D eigenvalue weighted by atomic mass is 9.99. The van der Waals surface area contributed by atoms with E-state index in [9.17, 15) is 0 Å². The molecular formula is C20H34N6S. The molecule has 0 spiro atoms. The zero-order chi connectivity index (χ0) is 19.1. The zero-order valence-electron chi connectivity index (χ0n) is 16.8. The number of aromatic nitrogens is 2. The summed E-state index contributed by atoms with van der Waals surface area (Å²) in [4.78, 5) is 14.4. The zero-order valence-corrected chi connectivity index (χ0v) is 17.7. The Bertz CT molecular complexity index is 606. The highest BCUT2D eigenvalue weighted by atomic mass is 32.1. The fourth-order valence-electron chi connectivity index (χ4n) is 3.72. The third kappa shape index (κ3) is 5.92. The van der Waals surface area contributed by atoms with Crippen LogP contribution in [0, 0.1) is 5.92 Å². The molecule has 1 aromatic rings. The third-order valence-corrected chi connectivity index (χ3v) is 5.74. The van der Waals surface area contributed by atoms with Crippen molar-refractivity contribution >= 4 is 34.9 Å². The minimum Gasteiger partial charge on any atom is -0.362 e. The molecule has 0 aromatic carbocycles. The standard InChI is InChI=1S/C20H34N6S/c1-3-10-21-20(27)24-19-22-17(25-11-6-4-5-7-12-25)15-18(23-19)26-13-8-16(2)9-14-26/h15-16H,3-14H2,1-2H3,(H2,21,22,23,24,27). The van der Waals surface area contributed by atoms with E-state index >= 15 is 0 Å². The molecule has 0 aliphatic carbocycles. The molecule has 2 fully saturated rings. The molecule has 2 aliphatic heterocycles. The van der Waals surface area contributed by atoms with E-state index in [-0.39, 0.29) is 0 Å². The van der Waals surface area contributed by atoms with E-state index in [1.165, 1.54) is 38.5 Å². The molecule has 3 heterocycles. The lowest BCUT2D eigenvalue weighted by Crippen LogP contribution is -2.35. The summed E-state index contributed by atoms with van der Waals surface area (Å²) >= 11 is 5.41. The molecule has 2 saturated heterocycles. The molecule has 7 heteroatoms. The Morgan fingerprint density at radius 3 is 2.22 bits per heavy atom. The van der Waals surface area contributed by atoms with Crippen LogP contribution < -0.4 is 20.4 Å². The molecule has 27 heavy (non-hydrogen) atoms. The van der Waals surface area contributed by atoms with Gasteiger partial charge in [0.25, 0.3) is 0 Å². The van der Waals surface area contributed by atoms with Gasteiger partial charge in [-0.15, -0.1) is 0 Å². The van der Waals surface area contributed by atoms with E-state index in [1.54, 1.807) is 0 Å². The van der Waals surface area contributed by atoms with Gasteiger partial charge in [0.2, 0.25) is 5.95 Å². The van der Waals surface area contributed by atoms with E-state index in [0.717, 1.165) is 56.7 Å². The molecule has 0 unspecified atom stereocenters. The lowest BCUT2D eigenvalue weighted by molar-refractivity contribution is 0.436. The van der Waals surface area contributed by atoms with Crippen LogP contribution in [-0.2, 0) is 0 Å². The van der Waals surface area contributed by atoms with E-state index in [1.807, 2.05) is 0 Å². The van der Waals surface area contributed by atoms with Crippen LogP contribution in [0.4, 0.5) is 17.6 Å². The van der Waals surface area contributed by atoms with Gasteiger partial charge in [-0.1, -0.05) is 26.7 Å². The predicted octanol–water partition coefficient (Wildman–Crippen LogP) is 3.79. The Labute approximate surface area is 169 Å². The van der Waals surface area contributed by atoms with Gasteiger partial charge in [0.1, 0.15) is 11.6 Å². The fourth-order valence-corrected chi connectivity index (χ4v) is 3.92. The molecule has 0 atom stereocenters. The van der Waals surface area contributed by atoms with Gasteiger partial charge in [-0.3, -0.25) is 0 Å². The molecule has 0 radical (unpaired) electrons. The van der Waals surface area contributed by atoms with Gasteiger partial charge >= 0.3 is 0 Å². The normalized spacial score (nSPS) is 18.9. The Morgan fingerprint density at radius 1 is 1.04 bits per heavy atom. The van der Waals surface area contributed by atoms with Crippen molar-refractivity contribution in [3.05, 3.63) is 6.07 Å². The summed E-state index contributed by atoms with van der Waals surface area (Å²) in [6.07, 6.45) is 8.58. The number of thiocarbonyl (C=S) groups is 1. The van der Waals surface area contributed by atoms with Gasteiger partial charge in [-0.05, 0) is 50.2 Å². The van der Waals surface area contributed by atoms with E-state index < -0.39 is 0 Å². The number of hydrogen-bond acceptors (Lipinski definition) is 5. The van der Waals surface area contributed by atoms with E-state index in [4.69, 9.17) is 22.2 Å². The molecule has 1 aromatic heterocycles. The van der Waals surface area contributed by atoms with Crippen molar-refractivity contribution in [1.82, 2.24) is 15.3 Å². The molecule has 0 amide bonds. The van der Waals surface area contributed by atoms with Crippen molar-refractivity contribution < 1.29 is 0 Å². The summed E-state index contributed by atoms with van der Waals surface area (Å²) in [7, 11) is 0. The lowest BCUT2D eigenvalue weighted by Gasteiger charge is -2.32. The van der Waals surface area contributed by atoms with Gasteiger partial charge < -0.3 is 20.4 Å². The van der Waals surface area contributed by atoms with Crippen molar-refractivity contribution in [3.63, 3.8) is 0 Å². The van der Waals surface area contributed by atoms with Crippen LogP contribution in [0.5, 0.6) is 0 Å². The first-order valence-corrected chi connectivity index (χ1v) is 11.0. The van der Waals surface area contributed by atoms with Crippen LogP contribution in [-0.4, -0.2) is 47.8 Å². The van der Waals surface area contributed by atoms with Crippen molar-refractivity contribution in [1.29, 1.82) is 0 Å². The first-order valence-electron chi connectivity index (χ1n) is 10.6. The summed E-state index contributed by atoms with van der Waals surface area (Å²) in [6, 6.07) is 2.18. The first kappa shape index (κ1) is 20.1. The molecule has 3 rings (SSSR count). The second-order valence-electron chi connectivity index (χ2n) is 7.86. The number of nitrogens with one attached hydrogen (secondary N) is 2. The smallest absolute Gasteiger partial charge is 0.232 e. The Morgan fingerprint density at radius 2 is 1.63 bits per heavy atom. The van der Waals surface area contributed by atoms with E-state index in [2.05, 4.69) is 40.3 Å². The Hall–Kier alpha value is -1.63. The van der Waals surface area contributed by atoms with Crippen molar-refractivity contribution in [3.8, 4) is 0 Å². The van der Waals surface area contributed by atoms with Crippen LogP contribution in [0.2, 0.25) is 0 Å². The molecule has 0 bridgehead atoms. The highest BCUT2D eigenvalue weighted by Crippen LogP contribution is 2.27. The molecule has 2 N–H and O–H groups in total. The molecule has 150 valence electrons. The summed E-state index contributed by atoms with van der Waals surface area (Å²) < 4.78 is 0. The minimum absolute atomic E-state index is 0.600. The summed E-state index contributed by atoms with van der Waals surface area (Å²) in [5, 5.41) is 7.01. The highest BCUT2D eigenvalue weighted by Gasteiger charge is 2.20. The van der Waals surface area contributed by atoms with Gasteiger partial charge in [0.05, 0.1) is 0 Å². The molecule has 6 nitrogen and oxygen atoms in total. The van der Waals surface area contributed by atoms with Crippen LogP contribution in [0.3, 0.4) is 0 Å². The van der Waals surface area contributed by atoms with Crippen molar-refractivity contribution in [2.24, 2.45) is 5.92 Å². The average molecular weight is 391 g/mol. The second kappa shape index (κ2) is 10.1. The second-order valence-corrected chi connectivity index (χ2v) is 8.27. The maximum atomic E-state index is 5.41. The van der Waals surface area contributed by atoms with E-state index in [0.29, 0.717) is 11.1 Å². The van der Waals surface area contributed by atoms with Crippen molar-refractivity contribution in [2.75, 3.05) is 47.8 Å². The summed E-state index contributed by atoms with van der Waals surface area (Å²) in [6.45, 7) is 9.60. The fraction of sp³-hybridized carbons (Fsp3) is 0.750. The van der Waals surface area contributed by atoms with Crippen LogP contribution in [0.25, 0.3) is 0 Å². The quantitative estimate of drug-likeness (QED) is 0.742.